The van der Waals surface area contributed by atoms with E-state index in [0.717, 1.165) is 16.7 Å². The predicted octanol–water partition coefficient (Wildman–Crippen LogP) is 5.78. The Bertz CT molecular complexity index is 1280. The molecule has 1 aliphatic heterocycles. The van der Waals surface area contributed by atoms with Gasteiger partial charge in [-0.25, -0.2) is 9.59 Å². The molecule has 1 saturated heterocycles. The van der Waals surface area contributed by atoms with Crippen LogP contribution in [0.15, 0.2) is 121 Å². The molecule has 0 unspecified atom stereocenters. The van der Waals surface area contributed by atoms with Crippen molar-refractivity contribution in [1.82, 2.24) is 0 Å². The van der Waals surface area contributed by atoms with E-state index in [9.17, 15) is 18.4 Å². The molecular weight excluding hydrogens is 490 g/mol. The first-order chi connectivity index (χ1) is 18.4. The summed E-state index contributed by atoms with van der Waals surface area (Å²) < 4.78 is 46.6. The Morgan fingerprint density at radius 3 is 1.61 bits per heavy atom. The predicted molar refractivity (Wildman–Crippen MR) is 136 cm³/mol. The third kappa shape index (κ3) is 4.68. The van der Waals surface area contributed by atoms with E-state index < -0.39 is 42.3 Å². The van der Waals surface area contributed by atoms with E-state index in [1.54, 1.807) is 18.2 Å². The smallest absolute Gasteiger partial charge is 0.382 e. The third-order valence-electron chi connectivity index (χ3n) is 6.47. The van der Waals surface area contributed by atoms with Crippen molar-refractivity contribution in [3.05, 3.63) is 144 Å². The Morgan fingerprint density at radius 2 is 1.16 bits per heavy atom. The maximum atomic E-state index is 14.9. The lowest BCUT2D eigenvalue weighted by Gasteiger charge is -2.37. The van der Waals surface area contributed by atoms with E-state index in [2.05, 4.69) is 0 Å². The minimum absolute atomic E-state index is 0.0783. The molecule has 1 aliphatic rings. The minimum Gasteiger partial charge on any atom is -0.451 e. The highest BCUT2D eigenvalue weighted by Crippen LogP contribution is 2.42. The quantitative estimate of drug-likeness (QED) is 0.220. The number of benzene rings is 4. The van der Waals surface area contributed by atoms with Crippen LogP contribution in [0.4, 0.5) is 8.78 Å². The van der Waals surface area contributed by atoms with E-state index in [-0.39, 0.29) is 5.56 Å². The lowest BCUT2D eigenvalue weighted by Crippen LogP contribution is -2.44. The number of cyclic esters (lactones) is 1. The van der Waals surface area contributed by atoms with Gasteiger partial charge in [0.1, 0.15) is 5.60 Å². The molecule has 0 saturated carbocycles. The van der Waals surface area contributed by atoms with Gasteiger partial charge in [-0.2, -0.15) is 8.78 Å². The summed E-state index contributed by atoms with van der Waals surface area (Å²) in [7, 11) is 0. The van der Waals surface area contributed by atoms with Crippen molar-refractivity contribution in [2.24, 2.45) is 0 Å². The molecule has 4 aromatic rings. The fourth-order valence-corrected chi connectivity index (χ4v) is 4.63. The maximum Gasteiger partial charge on any atom is 0.382 e. The number of carbonyl (C=O) groups is 2. The van der Waals surface area contributed by atoms with Crippen LogP contribution in [0.2, 0.25) is 0 Å². The molecule has 2 atom stereocenters. The van der Waals surface area contributed by atoms with Gasteiger partial charge in [0.05, 0.1) is 12.2 Å². The van der Waals surface area contributed by atoms with Gasteiger partial charge in [0.15, 0.2) is 6.10 Å². The van der Waals surface area contributed by atoms with E-state index >= 15 is 0 Å². The maximum absolute atomic E-state index is 14.9. The minimum atomic E-state index is -4.03. The Labute approximate surface area is 218 Å². The van der Waals surface area contributed by atoms with Gasteiger partial charge >= 0.3 is 17.9 Å². The van der Waals surface area contributed by atoms with Crippen LogP contribution >= 0.6 is 0 Å². The first kappa shape index (κ1) is 25.3. The summed E-state index contributed by atoms with van der Waals surface area (Å²) >= 11 is 0. The van der Waals surface area contributed by atoms with Crippen molar-refractivity contribution in [2.45, 2.75) is 23.7 Å². The topological polar surface area (TPSA) is 61.8 Å². The van der Waals surface area contributed by atoms with Gasteiger partial charge in [0, 0.05) is 0 Å². The summed E-state index contributed by atoms with van der Waals surface area (Å²) in [5.74, 6) is -6.78. The standard InChI is InChI=1S/C31H24F2O5/c32-31(33)27(38-28(34)22-13-5-1-6-14-22)26(37-29(31)35)21-36-30(23-15-7-2-8-16-23,24-17-9-3-10-18-24)25-19-11-4-12-20-25/h1-20,26-27H,21H2/t26-,27+/m1/s1. The van der Waals surface area contributed by atoms with Crippen molar-refractivity contribution in [1.29, 1.82) is 0 Å². The zero-order chi connectivity index (χ0) is 26.6. The fourth-order valence-electron chi connectivity index (χ4n) is 4.63. The second-order valence-electron chi connectivity index (χ2n) is 8.85. The molecule has 4 aromatic carbocycles. The number of hydrogen-bond acceptors (Lipinski definition) is 5. The van der Waals surface area contributed by atoms with Crippen molar-refractivity contribution < 1.29 is 32.6 Å². The molecule has 1 fully saturated rings. The second kappa shape index (κ2) is 10.6. The summed E-state index contributed by atoms with van der Waals surface area (Å²) in [6, 6.07) is 35.7. The summed E-state index contributed by atoms with van der Waals surface area (Å²) in [5, 5.41) is 0. The number of esters is 2. The third-order valence-corrected chi connectivity index (χ3v) is 6.47. The summed E-state index contributed by atoms with van der Waals surface area (Å²) in [6.45, 7) is -0.466. The lowest BCUT2D eigenvalue weighted by atomic mass is 9.80. The Balaban J connectivity index is 1.53. The molecule has 7 heteroatoms. The normalized spacial score (nSPS) is 18.5. The van der Waals surface area contributed by atoms with Crippen LogP contribution in [0.1, 0.15) is 27.0 Å². The monoisotopic (exact) mass is 514 g/mol. The van der Waals surface area contributed by atoms with Crippen LogP contribution in [0.5, 0.6) is 0 Å². The molecule has 5 rings (SSSR count). The van der Waals surface area contributed by atoms with Crippen LogP contribution in [0.25, 0.3) is 0 Å². The van der Waals surface area contributed by atoms with Crippen molar-refractivity contribution in [3.8, 4) is 0 Å². The van der Waals surface area contributed by atoms with E-state index in [0.29, 0.717) is 0 Å². The fraction of sp³-hybridized carbons (Fsp3) is 0.161. The zero-order valence-electron chi connectivity index (χ0n) is 20.2. The van der Waals surface area contributed by atoms with Gasteiger partial charge in [-0.05, 0) is 28.8 Å². The highest BCUT2D eigenvalue weighted by atomic mass is 19.3. The molecule has 0 spiro atoms. The number of hydrogen-bond donors (Lipinski definition) is 0. The summed E-state index contributed by atoms with van der Waals surface area (Å²) in [6.07, 6.45) is -3.71. The number of ether oxygens (including phenoxy) is 3. The highest BCUT2D eigenvalue weighted by molar-refractivity contribution is 5.90. The molecule has 0 N–H and O–H groups in total. The van der Waals surface area contributed by atoms with Crippen molar-refractivity contribution >= 4 is 11.9 Å². The first-order valence-corrected chi connectivity index (χ1v) is 12.1. The molecule has 0 bridgehead atoms. The zero-order valence-corrected chi connectivity index (χ0v) is 20.2. The van der Waals surface area contributed by atoms with Crippen LogP contribution in [-0.4, -0.2) is 36.7 Å². The van der Waals surface area contributed by atoms with E-state index in [1.807, 2.05) is 91.0 Å². The molecule has 1 heterocycles. The Hall–Kier alpha value is -4.36. The number of alkyl halides is 2. The molecule has 192 valence electrons. The number of rotatable bonds is 8. The number of carbonyl (C=O) groups excluding carboxylic acids is 2. The van der Waals surface area contributed by atoms with Crippen LogP contribution in [0, 0.1) is 0 Å². The SMILES string of the molecule is O=C(O[C@H]1[C@@H](COC(c2ccccc2)(c2ccccc2)c2ccccc2)OC(=O)C1(F)F)c1ccccc1. The first-order valence-electron chi connectivity index (χ1n) is 12.1. The van der Waals surface area contributed by atoms with Crippen molar-refractivity contribution in [3.63, 3.8) is 0 Å². The molecule has 0 amide bonds. The average molecular weight is 515 g/mol. The number of halogens is 2. The van der Waals surface area contributed by atoms with Crippen LogP contribution < -0.4 is 0 Å². The lowest BCUT2D eigenvalue weighted by molar-refractivity contribution is -0.163. The van der Waals surface area contributed by atoms with Crippen LogP contribution in [-0.2, 0) is 24.6 Å². The van der Waals surface area contributed by atoms with Gasteiger partial charge < -0.3 is 14.2 Å². The van der Waals surface area contributed by atoms with Gasteiger partial charge in [-0.15, -0.1) is 0 Å². The largest absolute Gasteiger partial charge is 0.451 e. The van der Waals surface area contributed by atoms with Gasteiger partial charge in [-0.1, -0.05) is 109 Å². The molecule has 0 aromatic heterocycles. The van der Waals surface area contributed by atoms with E-state index in [4.69, 9.17) is 14.2 Å². The van der Waals surface area contributed by atoms with Gasteiger partial charge in [0.25, 0.3) is 0 Å². The summed E-state index contributed by atoms with van der Waals surface area (Å²) in [5.41, 5.74) is 1.07. The Morgan fingerprint density at radius 1 is 0.737 bits per heavy atom. The second-order valence-corrected chi connectivity index (χ2v) is 8.85. The summed E-state index contributed by atoms with van der Waals surface area (Å²) in [4.78, 5) is 24.8. The molecule has 0 aliphatic carbocycles. The molecular formula is C31H24F2O5. The van der Waals surface area contributed by atoms with Crippen molar-refractivity contribution in [2.75, 3.05) is 6.61 Å². The highest BCUT2D eigenvalue weighted by Gasteiger charge is 2.63. The Kier molecular flexibility index (Phi) is 7.03. The van der Waals surface area contributed by atoms with Crippen LogP contribution in [0.3, 0.4) is 0 Å². The van der Waals surface area contributed by atoms with Gasteiger partial charge in [0.2, 0.25) is 6.10 Å². The molecule has 5 nitrogen and oxygen atoms in total. The molecule has 38 heavy (non-hydrogen) atoms. The molecule has 0 radical (unpaired) electrons. The van der Waals surface area contributed by atoms with E-state index in [1.165, 1.54) is 12.1 Å². The van der Waals surface area contributed by atoms with Gasteiger partial charge in [-0.3, -0.25) is 0 Å². The average Bonchev–Trinajstić information content (AvgIpc) is 3.18.